The number of hydrogen-bond donors (Lipinski definition) is 1. The van der Waals surface area contributed by atoms with Gasteiger partial charge in [0.1, 0.15) is 0 Å². The van der Waals surface area contributed by atoms with Gasteiger partial charge in [-0.1, -0.05) is 51.8 Å². The van der Waals surface area contributed by atoms with Gasteiger partial charge in [0, 0.05) is 31.1 Å². The Hall–Kier alpha value is -2.14. The Morgan fingerprint density at radius 2 is 1.89 bits per heavy atom. The Kier molecular flexibility index (Phi) is 5.70. The smallest absolute Gasteiger partial charge is 0.257 e. The number of carbonyl (C=O) groups excluding carboxylic acids is 1. The third-order valence-corrected chi connectivity index (χ3v) is 5.40. The first kappa shape index (κ1) is 19.6. The summed E-state index contributed by atoms with van der Waals surface area (Å²) in [6.07, 6.45) is 5.56. The average molecular weight is 370 g/mol. The molecular formula is C22H31N3O2. The Morgan fingerprint density at radius 1 is 1.22 bits per heavy atom. The summed E-state index contributed by atoms with van der Waals surface area (Å²) in [5, 5.41) is 15.0. The minimum absolute atomic E-state index is 0.0279. The summed E-state index contributed by atoms with van der Waals surface area (Å²) in [6.45, 7) is 6.81. The van der Waals surface area contributed by atoms with Crippen LogP contribution in [0, 0.1) is 5.92 Å². The minimum Gasteiger partial charge on any atom is -0.393 e. The summed E-state index contributed by atoms with van der Waals surface area (Å²) < 4.78 is 1.79. The van der Waals surface area contributed by atoms with E-state index in [9.17, 15) is 9.90 Å². The van der Waals surface area contributed by atoms with Gasteiger partial charge >= 0.3 is 0 Å². The number of nitrogens with zero attached hydrogens (tertiary/aromatic N) is 3. The van der Waals surface area contributed by atoms with Gasteiger partial charge in [-0.3, -0.25) is 4.79 Å². The number of carbonyl (C=O) groups is 1. The van der Waals surface area contributed by atoms with Crippen LogP contribution in [0.2, 0.25) is 0 Å². The van der Waals surface area contributed by atoms with Crippen molar-refractivity contribution in [1.29, 1.82) is 0 Å². The summed E-state index contributed by atoms with van der Waals surface area (Å²) in [5.41, 5.74) is 2.13. The van der Waals surface area contributed by atoms with E-state index in [2.05, 4.69) is 20.8 Å². The summed E-state index contributed by atoms with van der Waals surface area (Å²) in [4.78, 5) is 15.0. The van der Waals surface area contributed by atoms with Crippen LogP contribution >= 0.6 is 0 Å². The molecule has 1 aromatic heterocycles. The minimum atomic E-state index is -0.303. The maximum absolute atomic E-state index is 13.2. The van der Waals surface area contributed by atoms with Crippen molar-refractivity contribution in [3.8, 4) is 5.69 Å². The van der Waals surface area contributed by atoms with E-state index in [1.807, 2.05) is 43.6 Å². The van der Waals surface area contributed by atoms with Gasteiger partial charge in [-0.15, -0.1) is 0 Å². The number of rotatable bonds is 4. The molecule has 1 fully saturated rings. The van der Waals surface area contributed by atoms with Crippen molar-refractivity contribution in [3.05, 3.63) is 47.8 Å². The molecule has 1 aromatic carbocycles. The summed E-state index contributed by atoms with van der Waals surface area (Å²) in [6, 6.07) is 9.86. The normalized spacial score (nSPS) is 20.5. The first-order valence-electron chi connectivity index (χ1n) is 9.86. The fraction of sp³-hybridized carbons (Fsp3) is 0.545. The van der Waals surface area contributed by atoms with Gasteiger partial charge in [0.25, 0.3) is 5.91 Å². The van der Waals surface area contributed by atoms with E-state index in [1.165, 1.54) is 0 Å². The molecule has 1 amide bonds. The van der Waals surface area contributed by atoms with Crippen molar-refractivity contribution < 1.29 is 9.90 Å². The van der Waals surface area contributed by atoms with Crippen LogP contribution in [0.15, 0.2) is 36.5 Å². The number of benzene rings is 1. The van der Waals surface area contributed by atoms with Gasteiger partial charge in [0.15, 0.2) is 0 Å². The SMILES string of the molecule is CN(C[C@H]1CCCC[C@@H]1O)C(=O)c1cn(-c2ccccc2)nc1C(C)(C)C. The highest BCUT2D eigenvalue weighted by Gasteiger charge is 2.30. The monoisotopic (exact) mass is 369 g/mol. The fourth-order valence-corrected chi connectivity index (χ4v) is 3.84. The van der Waals surface area contributed by atoms with E-state index >= 15 is 0 Å². The lowest BCUT2D eigenvalue weighted by Gasteiger charge is -2.31. The molecule has 27 heavy (non-hydrogen) atoms. The van der Waals surface area contributed by atoms with Crippen LogP contribution in [0.5, 0.6) is 0 Å². The van der Waals surface area contributed by atoms with Crippen LogP contribution < -0.4 is 0 Å². The van der Waals surface area contributed by atoms with Crippen molar-refractivity contribution >= 4 is 5.91 Å². The Bertz CT molecular complexity index is 777. The Balaban J connectivity index is 1.87. The molecule has 1 aliphatic carbocycles. The van der Waals surface area contributed by atoms with Crippen LogP contribution in [0.1, 0.15) is 62.5 Å². The third-order valence-electron chi connectivity index (χ3n) is 5.40. The molecule has 0 bridgehead atoms. The predicted octanol–water partition coefficient (Wildman–Crippen LogP) is 3.79. The molecule has 5 nitrogen and oxygen atoms in total. The van der Waals surface area contributed by atoms with Gasteiger partial charge in [-0.25, -0.2) is 4.68 Å². The molecule has 2 atom stereocenters. The second kappa shape index (κ2) is 7.85. The molecule has 5 heteroatoms. The highest BCUT2D eigenvalue weighted by Crippen LogP contribution is 2.28. The number of para-hydroxylation sites is 1. The van der Waals surface area contributed by atoms with Gasteiger partial charge in [-0.05, 0) is 25.0 Å². The number of amides is 1. The van der Waals surface area contributed by atoms with E-state index in [1.54, 1.807) is 9.58 Å². The van der Waals surface area contributed by atoms with E-state index in [4.69, 9.17) is 5.10 Å². The molecule has 1 saturated carbocycles. The van der Waals surface area contributed by atoms with Crippen molar-refractivity contribution in [3.63, 3.8) is 0 Å². The second-order valence-electron chi connectivity index (χ2n) is 8.72. The highest BCUT2D eigenvalue weighted by molar-refractivity contribution is 5.95. The van der Waals surface area contributed by atoms with E-state index in [0.29, 0.717) is 12.1 Å². The van der Waals surface area contributed by atoms with Crippen molar-refractivity contribution in [2.75, 3.05) is 13.6 Å². The summed E-state index contributed by atoms with van der Waals surface area (Å²) in [7, 11) is 1.83. The predicted molar refractivity (Wildman–Crippen MR) is 107 cm³/mol. The largest absolute Gasteiger partial charge is 0.393 e. The molecule has 2 aromatic rings. The third kappa shape index (κ3) is 4.41. The number of aliphatic hydroxyl groups is 1. The maximum atomic E-state index is 13.2. The maximum Gasteiger partial charge on any atom is 0.257 e. The molecule has 0 spiro atoms. The quantitative estimate of drug-likeness (QED) is 0.892. The van der Waals surface area contributed by atoms with Crippen molar-refractivity contribution in [1.82, 2.24) is 14.7 Å². The highest BCUT2D eigenvalue weighted by atomic mass is 16.3. The number of aromatic nitrogens is 2. The molecule has 0 aliphatic heterocycles. The molecule has 0 radical (unpaired) electrons. The summed E-state index contributed by atoms with van der Waals surface area (Å²) >= 11 is 0. The molecular weight excluding hydrogens is 338 g/mol. The van der Waals surface area contributed by atoms with Crippen molar-refractivity contribution in [2.24, 2.45) is 5.92 Å². The number of aliphatic hydroxyl groups excluding tert-OH is 1. The van der Waals surface area contributed by atoms with Crippen LogP contribution in [0.4, 0.5) is 0 Å². The first-order chi connectivity index (χ1) is 12.8. The fourth-order valence-electron chi connectivity index (χ4n) is 3.84. The Morgan fingerprint density at radius 3 is 2.52 bits per heavy atom. The van der Waals surface area contributed by atoms with Crippen LogP contribution in [0.3, 0.4) is 0 Å². The molecule has 1 heterocycles. The second-order valence-corrected chi connectivity index (χ2v) is 8.72. The molecule has 3 rings (SSSR count). The lowest BCUT2D eigenvalue weighted by molar-refractivity contribution is 0.0450. The van der Waals surface area contributed by atoms with Gasteiger partial charge in [0.05, 0.1) is 23.0 Å². The van der Waals surface area contributed by atoms with Crippen LogP contribution in [-0.2, 0) is 5.41 Å². The van der Waals surface area contributed by atoms with Crippen LogP contribution in [-0.4, -0.2) is 45.4 Å². The standard InChI is InChI=1S/C22H31N3O2/c1-22(2,3)20-18(15-25(23-20)17-11-6-5-7-12-17)21(27)24(4)14-16-10-8-9-13-19(16)26/h5-7,11-12,15-16,19,26H,8-10,13-14H2,1-4H3/t16-,19+/m1/s1. The zero-order chi connectivity index (χ0) is 19.6. The lowest BCUT2D eigenvalue weighted by Crippen LogP contribution is -2.38. The van der Waals surface area contributed by atoms with E-state index in [-0.39, 0.29) is 23.3 Å². The topological polar surface area (TPSA) is 58.4 Å². The average Bonchev–Trinajstić information content (AvgIpc) is 3.09. The van der Waals surface area contributed by atoms with Gasteiger partial charge in [-0.2, -0.15) is 5.10 Å². The van der Waals surface area contributed by atoms with E-state index in [0.717, 1.165) is 37.1 Å². The first-order valence-corrected chi connectivity index (χ1v) is 9.86. The van der Waals surface area contributed by atoms with Crippen molar-refractivity contribution in [2.45, 2.75) is 58.0 Å². The zero-order valence-electron chi connectivity index (χ0n) is 16.9. The van der Waals surface area contributed by atoms with E-state index < -0.39 is 0 Å². The molecule has 0 saturated heterocycles. The molecule has 1 aliphatic rings. The van der Waals surface area contributed by atoms with Gasteiger partial charge in [0.2, 0.25) is 0 Å². The lowest BCUT2D eigenvalue weighted by atomic mass is 9.86. The van der Waals surface area contributed by atoms with Gasteiger partial charge < -0.3 is 10.0 Å². The zero-order valence-corrected chi connectivity index (χ0v) is 16.9. The summed E-state index contributed by atoms with van der Waals surface area (Å²) in [5.74, 6) is 0.134. The molecule has 146 valence electrons. The number of hydrogen-bond acceptors (Lipinski definition) is 3. The Labute approximate surface area is 162 Å². The molecule has 0 unspecified atom stereocenters. The molecule has 1 N–H and O–H groups in total. The van der Waals surface area contributed by atoms with Crippen LogP contribution in [0.25, 0.3) is 5.69 Å².